The van der Waals surface area contributed by atoms with Crippen LogP contribution in [0.5, 0.6) is 5.75 Å². The zero-order valence-corrected chi connectivity index (χ0v) is 24.0. The summed E-state index contributed by atoms with van der Waals surface area (Å²) in [5, 5.41) is 12.9. The van der Waals surface area contributed by atoms with Crippen molar-refractivity contribution in [2.75, 3.05) is 18.5 Å². The Hall–Kier alpha value is -4.67. The van der Waals surface area contributed by atoms with Crippen molar-refractivity contribution in [1.82, 2.24) is 9.99 Å². The lowest BCUT2D eigenvalue weighted by atomic mass is 9.98. The molecule has 3 N–H and O–H groups in total. The van der Waals surface area contributed by atoms with Gasteiger partial charge < -0.3 is 14.8 Å². The maximum atomic E-state index is 13.1. The van der Waals surface area contributed by atoms with Crippen molar-refractivity contribution in [3.8, 4) is 22.9 Å². The summed E-state index contributed by atoms with van der Waals surface area (Å²) in [5.41, 5.74) is -1.56. The number of carbonyl (C=O) groups excluding carboxylic acids is 3. The van der Waals surface area contributed by atoms with Crippen LogP contribution in [0.25, 0.3) is 11.1 Å². The van der Waals surface area contributed by atoms with Crippen molar-refractivity contribution in [3.05, 3.63) is 76.6 Å². The summed E-state index contributed by atoms with van der Waals surface area (Å²) < 4.78 is 49.9. The number of carbonyl (C=O) groups is 3. The van der Waals surface area contributed by atoms with Crippen molar-refractivity contribution in [2.45, 2.75) is 39.0 Å². The van der Waals surface area contributed by atoms with Crippen molar-refractivity contribution >= 4 is 35.1 Å². The van der Waals surface area contributed by atoms with E-state index >= 15 is 0 Å². The maximum absolute atomic E-state index is 13.1. The highest BCUT2D eigenvalue weighted by Crippen LogP contribution is 2.35. The average Bonchev–Trinajstić information content (AvgIpc) is 2.94. The fraction of sp³-hybridized carbons (Fsp3) is 0.276. The molecule has 3 rings (SSSR count). The molecule has 2 aromatic carbocycles. The molecule has 2 amide bonds. The van der Waals surface area contributed by atoms with Crippen LogP contribution in [0.1, 0.15) is 48.8 Å². The molecule has 3 aromatic rings. The van der Waals surface area contributed by atoms with Gasteiger partial charge in [-0.3, -0.25) is 14.6 Å². The van der Waals surface area contributed by atoms with E-state index in [4.69, 9.17) is 26.9 Å². The fourth-order valence-electron chi connectivity index (χ4n) is 3.62. The highest BCUT2D eigenvalue weighted by atomic mass is 35.5. The maximum Gasteiger partial charge on any atom is 0.433 e. The number of hydrazine groups is 1. The first kappa shape index (κ1) is 32.8. The van der Waals surface area contributed by atoms with Gasteiger partial charge in [0, 0.05) is 27.9 Å². The number of aromatic nitrogens is 1. The van der Waals surface area contributed by atoms with Crippen molar-refractivity contribution < 1.29 is 37.0 Å². The van der Waals surface area contributed by atoms with Crippen molar-refractivity contribution in [3.63, 3.8) is 0 Å². The summed E-state index contributed by atoms with van der Waals surface area (Å²) in [4.78, 5) is 40.6. The van der Waals surface area contributed by atoms with E-state index < -0.39 is 35.3 Å². The lowest BCUT2D eigenvalue weighted by Gasteiger charge is -2.23. The van der Waals surface area contributed by atoms with Gasteiger partial charge in [-0.2, -0.15) is 23.4 Å². The molecule has 0 radical (unpaired) electrons. The van der Waals surface area contributed by atoms with Crippen LogP contribution in [0.3, 0.4) is 0 Å². The third-order valence-corrected chi connectivity index (χ3v) is 5.98. The van der Waals surface area contributed by atoms with E-state index in [-0.39, 0.29) is 46.8 Å². The van der Waals surface area contributed by atoms with Gasteiger partial charge >= 0.3 is 12.3 Å². The number of halogens is 4. The molecule has 0 saturated heterocycles. The molecule has 1 heterocycles. The third kappa shape index (κ3) is 8.91. The normalized spacial score (nSPS) is 11.3. The number of ether oxygens (including phenoxy) is 2. The number of imide groups is 1. The lowest BCUT2D eigenvalue weighted by molar-refractivity contribution is -0.141. The second-order valence-electron chi connectivity index (χ2n) is 10.0. The molecule has 0 unspecified atom stereocenters. The fourth-order valence-corrected chi connectivity index (χ4v) is 3.84. The number of nitrogens with two attached hydrogens (primary N) is 1. The van der Waals surface area contributed by atoms with Crippen LogP contribution in [-0.4, -0.2) is 46.5 Å². The summed E-state index contributed by atoms with van der Waals surface area (Å²) in [6.45, 7) is 4.55. The molecule has 0 saturated carbocycles. The van der Waals surface area contributed by atoms with Gasteiger partial charge in [0.05, 0.1) is 36.9 Å². The zero-order chi connectivity index (χ0) is 31.9. The molecule has 0 aliphatic carbocycles. The highest BCUT2D eigenvalue weighted by molar-refractivity contribution is 6.33. The number of pyridine rings is 1. The van der Waals surface area contributed by atoms with Crippen molar-refractivity contribution in [1.29, 1.82) is 5.26 Å². The van der Waals surface area contributed by atoms with Gasteiger partial charge in [0.1, 0.15) is 17.0 Å². The lowest BCUT2D eigenvalue weighted by Crippen LogP contribution is -2.45. The van der Waals surface area contributed by atoms with Gasteiger partial charge in [0.25, 0.3) is 0 Å². The van der Waals surface area contributed by atoms with Gasteiger partial charge in [-0.15, -0.1) is 0 Å². The zero-order valence-electron chi connectivity index (χ0n) is 23.3. The minimum absolute atomic E-state index is 0.0408. The highest BCUT2D eigenvalue weighted by Gasteiger charge is 2.33. The van der Waals surface area contributed by atoms with Crippen LogP contribution in [0, 0.1) is 11.3 Å². The van der Waals surface area contributed by atoms with Crippen LogP contribution < -0.4 is 15.9 Å². The predicted molar refractivity (Wildman–Crippen MR) is 151 cm³/mol. The Morgan fingerprint density at radius 2 is 1.79 bits per heavy atom. The van der Waals surface area contributed by atoms with Crippen LogP contribution in [0.4, 0.5) is 23.7 Å². The molecular weight excluding hydrogens is 591 g/mol. The second kappa shape index (κ2) is 13.5. The number of nitrogens with zero attached hydrogens (tertiary/aromatic N) is 3. The first-order valence-electron chi connectivity index (χ1n) is 12.7. The minimum atomic E-state index is -4.74. The van der Waals surface area contributed by atoms with E-state index in [1.807, 2.05) is 0 Å². The number of hydrogen-bond acceptors (Lipinski definition) is 9. The number of anilines is 1. The molecule has 226 valence electrons. The second-order valence-corrected chi connectivity index (χ2v) is 10.4. The van der Waals surface area contributed by atoms with Crippen LogP contribution in [0.2, 0.25) is 5.02 Å². The molecule has 1 aromatic heterocycles. The Kier molecular flexibility index (Phi) is 10.3. The average molecular weight is 618 g/mol. The molecule has 0 aliphatic heterocycles. The Labute approximate surface area is 250 Å². The molecule has 0 bridgehead atoms. The van der Waals surface area contributed by atoms with Crippen LogP contribution in [-0.2, 0) is 15.7 Å². The smallest absolute Gasteiger partial charge is 0.433 e. The van der Waals surface area contributed by atoms with Crippen molar-refractivity contribution in [2.24, 2.45) is 5.84 Å². The standard InChI is InChI=1S/C29H27ClF3N5O5/c1-28(2,3)43-27(41)38(35)26(40)10-11-42-24-7-5-4-6-22(24)36-16-23(39)17-8-9-21(30)19(12-17)20-15-37-25(29(31,32)33)13-18(20)14-34/h4-9,12-13,15,36H,10-11,16,35H2,1-3H3. The molecule has 0 fully saturated rings. The molecule has 43 heavy (non-hydrogen) atoms. The third-order valence-electron chi connectivity index (χ3n) is 5.65. The summed E-state index contributed by atoms with van der Waals surface area (Å²) in [6, 6.07) is 13.2. The number of hydrogen-bond donors (Lipinski definition) is 2. The summed E-state index contributed by atoms with van der Waals surface area (Å²) in [5.74, 6) is 4.73. The topological polar surface area (TPSA) is 148 Å². The number of benzene rings is 2. The van der Waals surface area contributed by atoms with Gasteiger partial charge in [-0.05, 0) is 57.2 Å². The van der Waals surface area contributed by atoms with E-state index in [9.17, 15) is 32.8 Å². The Morgan fingerprint density at radius 1 is 1.09 bits per heavy atom. The Balaban J connectivity index is 1.68. The summed E-state index contributed by atoms with van der Waals surface area (Å²) in [7, 11) is 0. The van der Waals surface area contributed by atoms with Crippen LogP contribution in [0.15, 0.2) is 54.7 Å². The largest absolute Gasteiger partial charge is 0.491 e. The van der Waals surface area contributed by atoms with E-state index in [2.05, 4.69) is 10.3 Å². The summed E-state index contributed by atoms with van der Waals surface area (Å²) >= 11 is 6.26. The van der Waals surface area contributed by atoms with E-state index in [1.54, 1.807) is 51.1 Å². The molecule has 10 nitrogen and oxygen atoms in total. The van der Waals surface area contributed by atoms with Crippen LogP contribution >= 0.6 is 11.6 Å². The van der Waals surface area contributed by atoms with Gasteiger partial charge in [0.15, 0.2) is 5.78 Å². The van der Waals surface area contributed by atoms with Gasteiger partial charge in [-0.25, -0.2) is 10.6 Å². The van der Waals surface area contributed by atoms with E-state index in [1.165, 1.54) is 18.2 Å². The number of Topliss-reactive ketones (excluding diaryl/α,β-unsaturated/α-hetero) is 1. The molecular formula is C29H27ClF3N5O5. The first-order chi connectivity index (χ1) is 20.1. The summed E-state index contributed by atoms with van der Waals surface area (Å²) in [6.07, 6.45) is -5.08. The molecule has 0 atom stereocenters. The number of nitriles is 1. The number of rotatable bonds is 9. The van der Waals surface area contributed by atoms with Gasteiger partial charge in [-0.1, -0.05) is 23.7 Å². The number of nitrogens with one attached hydrogen (secondary N) is 1. The van der Waals surface area contributed by atoms with E-state index in [0.29, 0.717) is 22.5 Å². The number of amides is 2. The number of para-hydroxylation sites is 2. The monoisotopic (exact) mass is 617 g/mol. The Bertz CT molecular complexity index is 1570. The number of ketones is 1. The SMILES string of the molecule is CC(C)(C)OC(=O)N(N)C(=O)CCOc1ccccc1NCC(=O)c1ccc(Cl)c(-c2cnc(C(F)(F)F)cc2C#N)c1. The number of alkyl halides is 3. The molecule has 0 aliphatic rings. The van der Waals surface area contributed by atoms with E-state index in [0.717, 1.165) is 6.20 Å². The predicted octanol–water partition coefficient (Wildman–Crippen LogP) is 5.99. The Morgan fingerprint density at radius 3 is 2.44 bits per heavy atom. The quantitative estimate of drug-likeness (QED) is 0.128. The first-order valence-corrected chi connectivity index (χ1v) is 13.1. The van der Waals surface area contributed by atoms with Gasteiger partial charge in [0.2, 0.25) is 5.91 Å². The molecule has 0 spiro atoms. The molecule has 14 heteroatoms. The minimum Gasteiger partial charge on any atom is -0.491 e.